The molecule has 1 atom stereocenters. The highest BCUT2D eigenvalue weighted by Crippen LogP contribution is 2.18. The third kappa shape index (κ3) is 4.56. The number of para-hydroxylation sites is 1. The second kappa shape index (κ2) is 7.14. The summed E-state index contributed by atoms with van der Waals surface area (Å²) in [6.45, 7) is 2.92. The van der Waals surface area contributed by atoms with Crippen LogP contribution in [0.25, 0.3) is 0 Å². The molecule has 0 bridgehead atoms. The van der Waals surface area contributed by atoms with E-state index in [-0.39, 0.29) is 12.1 Å². The molecule has 0 aromatic heterocycles. The molecule has 1 aliphatic rings. The Hall–Kier alpha value is -1.55. The van der Waals surface area contributed by atoms with Gasteiger partial charge >= 0.3 is 5.97 Å². The van der Waals surface area contributed by atoms with Gasteiger partial charge in [-0.3, -0.25) is 9.69 Å². The Labute approximate surface area is 114 Å². The summed E-state index contributed by atoms with van der Waals surface area (Å²) in [7, 11) is 1.43. The van der Waals surface area contributed by atoms with Crippen LogP contribution in [0.2, 0.25) is 0 Å². The third-order valence-corrected chi connectivity index (χ3v) is 3.36. The lowest BCUT2D eigenvalue weighted by atomic mass is 10.3. The number of methoxy groups -OCH3 is 1. The summed E-state index contributed by atoms with van der Waals surface area (Å²) in [5, 5.41) is 0. The van der Waals surface area contributed by atoms with E-state index >= 15 is 0 Å². The van der Waals surface area contributed by atoms with Crippen LogP contribution in [-0.4, -0.2) is 43.7 Å². The summed E-state index contributed by atoms with van der Waals surface area (Å²) in [6.07, 6.45) is 2.66. The predicted octanol–water partition coefficient (Wildman–Crippen LogP) is 2.09. The number of hydrogen-bond donors (Lipinski definition) is 0. The van der Waals surface area contributed by atoms with Gasteiger partial charge in [0.05, 0.1) is 7.11 Å². The van der Waals surface area contributed by atoms with Gasteiger partial charge in [0.15, 0.2) is 0 Å². The molecule has 0 radical (unpaired) electrons. The van der Waals surface area contributed by atoms with Gasteiger partial charge in [-0.1, -0.05) is 18.2 Å². The maximum absolute atomic E-state index is 11.0. The van der Waals surface area contributed by atoms with Crippen molar-refractivity contribution < 1.29 is 14.3 Å². The lowest BCUT2D eigenvalue weighted by Crippen LogP contribution is -2.26. The van der Waals surface area contributed by atoms with Crippen LogP contribution in [-0.2, 0) is 9.53 Å². The molecule has 1 saturated heterocycles. The van der Waals surface area contributed by atoms with Crippen LogP contribution in [0.1, 0.15) is 19.3 Å². The minimum Gasteiger partial charge on any atom is -0.489 e. The molecule has 104 valence electrons. The van der Waals surface area contributed by atoms with E-state index in [2.05, 4.69) is 9.64 Å². The van der Waals surface area contributed by atoms with Crippen molar-refractivity contribution in [2.75, 3.05) is 26.7 Å². The number of ether oxygens (including phenoxy) is 2. The van der Waals surface area contributed by atoms with E-state index in [0.717, 1.165) is 38.2 Å². The molecule has 1 aliphatic heterocycles. The summed E-state index contributed by atoms with van der Waals surface area (Å²) in [5.74, 6) is 0.806. The summed E-state index contributed by atoms with van der Waals surface area (Å²) < 4.78 is 10.6. The van der Waals surface area contributed by atoms with Crippen molar-refractivity contribution in [1.82, 2.24) is 4.90 Å². The van der Waals surface area contributed by atoms with Gasteiger partial charge in [-0.15, -0.1) is 0 Å². The first-order valence-electron chi connectivity index (χ1n) is 6.79. The van der Waals surface area contributed by atoms with E-state index in [0.29, 0.717) is 6.42 Å². The molecule has 0 saturated carbocycles. The van der Waals surface area contributed by atoms with Gasteiger partial charge in [-0.2, -0.15) is 0 Å². The van der Waals surface area contributed by atoms with Crippen molar-refractivity contribution in [1.29, 1.82) is 0 Å². The molecule has 0 spiro atoms. The normalized spacial score (nSPS) is 19.3. The van der Waals surface area contributed by atoms with E-state index in [4.69, 9.17) is 4.74 Å². The van der Waals surface area contributed by atoms with E-state index in [1.165, 1.54) is 7.11 Å². The molecular formula is C15H21NO3. The highest BCUT2D eigenvalue weighted by molar-refractivity contribution is 5.69. The number of rotatable bonds is 6. The number of carbonyl (C=O) groups excluding carboxylic acids is 1. The molecule has 4 heteroatoms. The number of esters is 1. The molecule has 4 nitrogen and oxygen atoms in total. The van der Waals surface area contributed by atoms with Crippen molar-refractivity contribution >= 4 is 5.97 Å². The third-order valence-electron chi connectivity index (χ3n) is 3.36. The topological polar surface area (TPSA) is 38.8 Å². The molecule has 0 aliphatic carbocycles. The fraction of sp³-hybridized carbons (Fsp3) is 0.533. The summed E-state index contributed by atoms with van der Waals surface area (Å²) >= 11 is 0. The summed E-state index contributed by atoms with van der Waals surface area (Å²) in [6, 6.07) is 9.93. The Morgan fingerprint density at radius 3 is 2.89 bits per heavy atom. The highest BCUT2D eigenvalue weighted by Gasteiger charge is 2.23. The van der Waals surface area contributed by atoms with Gasteiger partial charge in [0.25, 0.3) is 0 Å². The summed E-state index contributed by atoms with van der Waals surface area (Å²) in [4.78, 5) is 13.4. The SMILES string of the molecule is COC(=O)CCCN1CCC(Oc2ccccc2)C1. The smallest absolute Gasteiger partial charge is 0.305 e. The van der Waals surface area contributed by atoms with Crippen molar-refractivity contribution in [3.8, 4) is 5.75 Å². The van der Waals surface area contributed by atoms with Crippen LogP contribution >= 0.6 is 0 Å². The zero-order chi connectivity index (χ0) is 13.5. The van der Waals surface area contributed by atoms with Crippen molar-refractivity contribution in [2.24, 2.45) is 0 Å². The monoisotopic (exact) mass is 263 g/mol. The molecule has 19 heavy (non-hydrogen) atoms. The van der Waals surface area contributed by atoms with Crippen molar-refractivity contribution in [3.63, 3.8) is 0 Å². The zero-order valence-corrected chi connectivity index (χ0v) is 11.4. The standard InChI is InChI=1S/C15H21NO3/c1-18-15(17)8-5-10-16-11-9-14(12-16)19-13-6-3-2-4-7-13/h2-4,6-7,14H,5,8-12H2,1H3. The predicted molar refractivity (Wildman–Crippen MR) is 73.2 cm³/mol. The molecule has 1 fully saturated rings. The van der Waals surface area contributed by atoms with E-state index in [1.54, 1.807) is 0 Å². The second-order valence-electron chi connectivity index (χ2n) is 4.82. The molecular weight excluding hydrogens is 242 g/mol. The molecule has 1 aromatic carbocycles. The molecule has 1 unspecified atom stereocenters. The maximum atomic E-state index is 11.0. The van der Waals surface area contributed by atoms with Crippen molar-refractivity contribution in [3.05, 3.63) is 30.3 Å². The fourth-order valence-electron chi connectivity index (χ4n) is 2.34. The lowest BCUT2D eigenvalue weighted by Gasteiger charge is -2.16. The van der Waals surface area contributed by atoms with Crippen molar-refractivity contribution in [2.45, 2.75) is 25.4 Å². The first-order chi connectivity index (χ1) is 9.28. The zero-order valence-electron chi connectivity index (χ0n) is 11.4. The Morgan fingerprint density at radius 2 is 2.16 bits per heavy atom. The highest BCUT2D eigenvalue weighted by atomic mass is 16.5. The number of carbonyl (C=O) groups is 1. The molecule has 1 aromatic rings. The Kier molecular flexibility index (Phi) is 5.21. The van der Waals surface area contributed by atoms with Gasteiger partial charge in [0, 0.05) is 19.5 Å². The Bertz CT molecular complexity index is 394. The van der Waals surface area contributed by atoms with Gasteiger partial charge in [0.1, 0.15) is 11.9 Å². The fourth-order valence-corrected chi connectivity index (χ4v) is 2.34. The Morgan fingerprint density at radius 1 is 1.37 bits per heavy atom. The average Bonchev–Trinajstić information content (AvgIpc) is 2.87. The van der Waals surface area contributed by atoms with Gasteiger partial charge in [0.2, 0.25) is 0 Å². The first kappa shape index (κ1) is 13.9. The lowest BCUT2D eigenvalue weighted by molar-refractivity contribution is -0.140. The number of benzene rings is 1. The quantitative estimate of drug-likeness (QED) is 0.737. The molecule has 2 rings (SSSR count). The van der Waals surface area contributed by atoms with Crippen LogP contribution in [0, 0.1) is 0 Å². The summed E-state index contributed by atoms with van der Waals surface area (Å²) in [5.41, 5.74) is 0. The second-order valence-corrected chi connectivity index (χ2v) is 4.82. The van der Waals surface area contributed by atoms with Crippen LogP contribution in [0.3, 0.4) is 0 Å². The van der Waals surface area contributed by atoms with E-state index in [1.807, 2.05) is 30.3 Å². The number of nitrogens with zero attached hydrogens (tertiary/aromatic N) is 1. The van der Waals surface area contributed by atoms with Crippen LogP contribution in [0.4, 0.5) is 0 Å². The Balaban J connectivity index is 1.67. The van der Waals surface area contributed by atoms with Gasteiger partial charge < -0.3 is 9.47 Å². The largest absolute Gasteiger partial charge is 0.489 e. The van der Waals surface area contributed by atoms with Gasteiger partial charge in [-0.25, -0.2) is 0 Å². The minimum absolute atomic E-state index is 0.128. The molecule has 1 heterocycles. The first-order valence-corrected chi connectivity index (χ1v) is 6.79. The van der Waals surface area contributed by atoms with Crippen LogP contribution in [0.5, 0.6) is 5.75 Å². The molecule has 0 amide bonds. The van der Waals surface area contributed by atoms with E-state index < -0.39 is 0 Å². The molecule has 0 N–H and O–H groups in total. The van der Waals surface area contributed by atoms with Gasteiger partial charge in [-0.05, 0) is 31.5 Å². The van der Waals surface area contributed by atoms with E-state index in [9.17, 15) is 4.79 Å². The van der Waals surface area contributed by atoms with Crippen LogP contribution < -0.4 is 4.74 Å². The number of likely N-dealkylation sites (tertiary alicyclic amines) is 1. The minimum atomic E-state index is -0.128. The maximum Gasteiger partial charge on any atom is 0.305 e. The number of hydrogen-bond acceptors (Lipinski definition) is 4. The average molecular weight is 263 g/mol. The van der Waals surface area contributed by atoms with Crippen LogP contribution in [0.15, 0.2) is 30.3 Å².